The molecule has 2 rings (SSSR count). The Bertz CT molecular complexity index is 753. The number of nitrogens with two attached hydrogens (primary N) is 1. The number of rotatable bonds is 6. The Labute approximate surface area is 140 Å². The van der Waals surface area contributed by atoms with Crippen LogP contribution in [-0.2, 0) is 21.2 Å². The molecule has 5 nitrogen and oxygen atoms in total. The number of hydrogen-bond donors (Lipinski definition) is 1. The van der Waals surface area contributed by atoms with Crippen LogP contribution in [0.25, 0.3) is 0 Å². The molecule has 1 amide bonds. The molecule has 0 radical (unpaired) electrons. The molecule has 1 aromatic carbocycles. The summed E-state index contributed by atoms with van der Waals surface area (Å²) >= 11 is 1.62. The molecule has 23 heavy (non-hydrogen) atoms. The predicted octanol–water partition coefficient (Wildman–Crippen LogP) is 2.55. The number of carbonyl (C=O) groups is 1. The number of benzene rings is 1. The van der Waals surface area contributed by atoms with Crippen molar-refractivity contribution in [1.29, 1.82) is 0 Å². The number of carbonyl (C=O) groups excluding carboxylic acids is 1. The van der Waals surface area contributed by atoms with Crippen molar-refractivity contribution in [2.24, 2.45) is 5.14 Å². The van der Waals surface area contributed by atoms with E-state index in [0.717, 1.165) is 12.0 Å². The fourth-order valence-electron chi connectivity index (χ4n) is 2.24. The summed E-state index contributed by atoms with van der Waals surface area (Å²) in [6.45, 7) is 1.91. The molecule has 7 heteroatoms. The third-order valence-corrected chi connectivity index (χ3v) is 5.53. The largest absolute Gasteiger partial charge is 0.339 e. The average Bonchev–Trinajstić information content (AvgIpc) is 3.04. The van der Waals surface area contributed by atoms with Crippen LogP contribution in [0.5, 0.6) is 0 Å². The van der Waals surface area contributed by atoms with Gasteiger partial charge in [-0.25, -0.2) is 13.6 Å². The van der Waals surface area contributed by atoms with E-state index in [1.807, 2.05) is 23.8 Å². The molecule has 0 saturated heterocycles. The lowest BCUT2D eigenvalue weighted by Crippen LogP contribution is -2.29. The summed E-state index contributed by atoms with van der Waals surface area (Å²) in [6.07, 6.45) is 1.18. The normalized spacial score (nSPS) is 12.8. The lowest BCUT2D eigenvalue weighted by atomic mass is 10.1. The Morgan fingerprint density at radius 1 is 1.26 bits per heavy atom. The molecule has 1 aromatic heterocycles. The van der Waals surface area contributed by atoms with E-state index in [4.69, 9.17) is 5.14 Å². The molecule has 1 atom stereocenters. The smallest absolute Gasteiger partial charge is 0.238 e. The van der Waals surface area contributed by atoms with Gasteiger partial charge in [-0.05, 0) is 53.4 Å². The standard InChI is InChI=1S/C16H20N2O3S2/c1-12(14-4-6-15(7-5-14)23(17,20)21)18(2)16(19)8-3-13-9-10-22-11-13/h4-7,9-12H,3,8H2,1-2H3,(H2,17,20,21). The number of amides is 1. The second-order valence-electron chi connectivity index (χ2n) is 5.43. The third kappa shape index (κ3) is 4.63. The fourth-order valence-corrected chi connectivity index (χ4v) is 3.46. The van der Waals surface area contributed by atoms with Crippen molar-refractivity contribution in [3.8, 4) is 0 Å². The van der Waals surface area contributed by atoms with E-state index in [2.05, 4.69) is 0 Å². The van der Waals surface area contributed by atoms with Crippen LogP contribution in [0.15, 0.2) is 46.0 Å². The zero-order chi connectivity index (χ0) is 17.0. The molecule has 2 N–H and O–H groups in total. The Hall–Kier alpha value is -1.70. The van der Waals surface area contributed by atoms with Gasteiger partial charge in [0.05, 0.1) is 10.9 Å². The van der Waals surface area contributed by atoms with E-state index in [9.17, 15) is 13.2 Å². The lowest BCUT2D eigenvalue weighted by molar-refractivity contribution is -0.131. The van der Waals surface area contributed by atoms with Crippen molar-refractivity contribution in [2.75, 3.05) is 7.05 Å². The number of thiophene rings is 1. The Balaban J connectivity index is 2.00. The summed E-state index contributed by atoms with van der Waals surface area (Å²) in [6, 6.07) is 8.18. The van der Waals surface area contributed by atoms with Gasteiger partial charge < -0.3 is 4.90 Å². The molecule has 0 fully saturated rings. The summed E-state index contributed by atoms with van der Waals surface area (Å²) < 4.78 is 22.5. The number of nitrogens with zero attached hydrogens (tertiary/aromatic N) is 1. The van der Waals surface area contributed by atoms with Crippen LogP contribution in [-0.4, -0.2) is 26.3 Å². The van der Waals surface area contributed by atoms with E-state index in [0.29, 0.717) is 6.42 Å². The maximum Gasteiger partial charge on any atom is 0.238 e. The first-order chi connectivity index (χ1) is 10.8. The molecule has 1 heterocycles. The summed E-state index contributed by atoms with van der Waals surface area (Å²) in [5, 5.41) is 9.13. The monoisotopic (exact) mass is 352 g/mol. The molecule has 2 aromatic rings. The number of hydrogen-bond acceptors (Lipinski definition) is 4. The first kappa shape index (κ1) is 17.7. The first-order valence-corrected chi connectivity index (χ1v) is 9.67. The van der Waals surface area contributed by atoms with Gasteiger partial charge in [-0.2, -0.15) is 11.3 Å². The van der Waals surface area contributed by atoms with Crippen molar-refractivity contribution >= 4 is 27.3 Å². The molecule has 0 saturated carbocycles. The van der Waals surface area contributed by atoms with E-state index < -0.39 is 10.0 Å². The summed E-state index contributed by atoms with van der Waals surface area (Å²) in [5.41, 5.74) is 2.03. The highest BCUT2D eigenvalue weighted by Gasteiger charge is 2.18. The molecule has 0 aliphatic heterocycles. The zero-order valence-corrected chi connectivity index (χ0v) is 14.7. The highest BCUT2D eigenvalue weighted by atomic mass is 32.2. The van der Waals surface area contributed by atoms with Gasteiger partial charge in [-0.15, -0.1) is 0 Å². The van der Waals surface area contributed by atoms with Crippen LogP contribution >= 0.6 is 11.3 Å². The maximum atomic E-state index is 12.3. The van der Waals surface area contributed by atoms with E-state index >= 15 is 0 Å². The van der Waals surface area contributed by atoms with Crippen LogP contribution in [0.2, 0.25) is 0 Å². The van der Waals surface area contributed by atoms with Gasteiger partial charge in [-0.3, -0.25) is 4.79 Å². The van der Waals surface area contributed by atoms with Crippen molar-refractivity contribution in [2.45, 2.75) is 30.7 Å². The van der Waals surface area contributed by atoms with Gasteiger partial charge in [0.15, 0.2) is 0 Å². The fraction of sp³-hybridized carbons (Fsp3) is 0.312. The second-order valence-corrected chi connectivity index (χ2v) is 7.77. The number of aryl methyl sites for hydroxylation is 1. The van der Waals surface area contributed by atoms with Gasteiger partial charge in [0, 0.05) is 13.5 Å². The predicted molar refractivity (Wildman–Crippen MR) is 91.6 cm³/mol. The van der Waals surface area contributed by atoms with Crippen molar-refractivity contribution in [3.63, 3.8) is 0 Å². The van der Waals surface area contributed by atoms with Gasteiger partial charge in [0.1, 0.15) is 0 Å². The van der Waals surface area contributed by atoms with Crippen LogP contribution in [0.1, 0.15) is 30.5 Å². The first-order valence-electron chi connectivity index (χ1n) is 7.18. The van der Waals surface area contributed by atoms with E-state index in [1.54, 1.807) is 35.4 Å². The van der Waals surface area contributed by atoms with Crippen LogP contribution < -0.4 is 5.14 Å². The molecule has 0 aliphatic rings. The number of sulfonamides is 1. The molecule has 0 bridgehead atoms. The Morgan fingerprint density at radius 3 is 2.43 bits per heavy atom. The Morgan fingerprint density at radius 2 is 1.91 bits per heavy atom. The summed E-state index contributed by atoms with van der Waals surface area (Å²) in [5.74, 6) is 0.0548. The highest BCUT2D eigenvalue weighted by Crippen LogP contribution is 2.21. The maximum absolute atomic E-state index is 12.3. The average molecular weight is 352 g/mol. The second kappa shape index (κ2) is 7.25. The summed E-state index contributed by atoms with van der Waals surface area (Å²) in [7, 11) is -1.94. The Kier molecular flexibility index (Phi) is 5.56. The van der Waals surface area contributed by atoms with Gasteiger partial charge in [0.2, 0.25) is 15.9 Å². The topological polar surface area (TPSA) is 80.5 Å². The zero-order valence-electron chi connectivity index (χ0n) is 13.1. The van der Waals surface area contributed by atoms with Crippen molar-refractivity contribution in [3.05, 3.63) is 52.2 Å². The van der Waals surface area contributed by atoms with Gasteiger partial charge >= 0.3 is 0 Å². The van der Waals surface area contributed by atoms with Gasteiger partial charge in [-0.1, -0.05) is 12.1 Å². The minimum absolute atomic E-state index is 0.0548. The summed E-state index contributed by atoms with van der Waals surface area (Å²) in [4.78, 5) is 14.0. The van der Waals surface area contributed by atoms with Crippen molar-refractivity contribution < 1.29 is 13.2 Å². The lowest BCUT2D eigenvalue weighted by Gasteiger charge is -2.25. The van der Waals surface area contributed by atoms with Crippen molar-refractivity contribution in [1.82, 2.24) is 4.90 Å². The highest BCUT2D eigenvalue weighted by molar-refractivity contribution is 7.89. The molecule has 0 spiro atoms. The van der Waals surface area contributed by atoms with E-state index in [-0.39, 0.29) is 16.8 Å². The SMILES string of the molecule is CC(c1ccc(S(N)(=O)=O)cc1)N(C)C(=O)CCc1ccsc1. The minimum Gasteiger partial charge on any atom is -0.339 e. The number of primary sulfonamides is 1. The van der Waals surface area contributed by atoms with E-state index in [1.165, 1.54) is 17.7 Å². The third-order valence-electron chi connectivity index (χ3n) is 3.87. The molecule has 1 unspecified atom stereocenters. The molecular formula is C16H20N2O3S2. The molecule has 124 valence electrons. The van der Waals surface area contributed by atoms with Crippen LogP contribution in [0.4, 0.5) is 0 Å². The quantitative estimate of drug-likeness (QED) is 0.867. The van der Waals surface area contributed by atoms with Gasteiger partial charge in [0.25, 0.3) is 0 Å². The molecular weight excluding hydrogens is 332 g/mol. The minimum atomic E-state index is -3.70. The molecule has 0 aliphatic carbocycles. The van der Waals surface area contributed by atoms with Crippen LogP contribution in [0, 0.1) is 0 Å². The van der Waals surface area contributed by atoms with Crippen LogP contribution in [0.3, 0.4) is 0 Å².